The lowest BCUT2D eigenvalue weighted by Gasteiger charge is -2.28. The number of nitrogens with one attached hydrogen (secondary N) is 2. The van der Waals surface area contributed by atoms with Crippen molar-refractivity contribution in [3.63, 3.8) is 0 Å². The fourth-order valence-corrected chi connectivity index (χ4v) is 2.51. The Hall–Kier alpha value is -0.540. The first-order chi connectivity index (χ1) is 8.33. The molecular formula is C15H22Cl2N2. The number of rotatable bonds is 4. The standard InChI is InChI=1S/C15H20N2.2ClH/c1-11(7-12-5-3-2-4-6-12)14-8-15(14)17-13-9-16-10-13;;/h2-7,13-17H,8-10H2,1H3;2*1H/b11-7+;;. The number of hydrogen-bond acceptors (Lipinski definition) is 2. The lowest BCUT2D eigenvalue weighted by Crippen LogP contribution is -2.56. The van der Waals surface area contributed by atoms with Crippen molar-refractivity contribution < 1.29 is 0 Å². The monoisotopic (exact) mass is 300 g/mol. The third-order valence-electron chi connectivity index (χ3n) is 3.80. The molecule has 2 atom stereocenters. The maximum Gasteiger partial charge on any atom is 0.0320 e. The van der Waals surface area contributed by atoms with Crippen molar-refractivity contribution in [2.24, 2.45) is 5.92 Å². The second-order valence-electron chi connectivity index (χ2n) is 5.27. The van der Waals surface area contributed by atoms with E-state index in [4.69, 9.17) is 0 Å². The molecule has 0 radical (unpaired) electrons. The van der Waals surface area contributed by atoms with Crippen LogP contribution in [0.15, 0.2) is 35.9 Å². The van der Waals surface area contributed by atoms with Gasteiger partial charge in [0.15, 0.2) is 0 Å². The van der Waals surface area contributed by atoms with E-state index in [1.54, 1.807) is 0 Å². The van der Waals surface area contributed by atoms with Crippen LogP contribution < -0.4 is 10.6 Å². The SMILES string of the molecule is C/C(=C\c1ccccc1)C1CC1NC1CNC1.Cl.Cl. The van der Waals surface area contributed by atoms with E-state index in [1.165, 1.54) is 17.6 Å². The Morgan fingerprint density at radius 2 is 1.89 bits per heavy atom. The van der Waals surface area contributed by atoms with Gasteiger partial charge in [-0.2, -0.15) is 0 Å². The predicted molar refractivity (Wildman–Crippen MR) is 86.3 cm³/mol. The van der Waals surface area contributed by atoms with Crippen molar-refractivity contribution in [2.45, 2.75) is 25.4 Å². The molecule has 1 aromatic carbocycles. The number of halogens is 2. The van der Waals surface area contributed by atoms with Crippen LogP contribution in [0.2, 0.25) is 0 Å². The summed E-state index contributed by atoms with van der Waals surface area (Å²) in [6.45, 7) is 4.55. The third kappa shape index (κ3) is 4.22. The predicted octanol–water partition coefficient (Wildman–Crippen LogP) is 2.88. The smallest absolute Gasteiger partial charge is 0.0320 e. The summed E-state index contributed by atoms with van der Waals surface area (Å²) in [7, 11) is 0. The molecule has 2 N–H and O–H groups in total. The Morgan fingerprint density at radius 3 is 2.47 bits per heavy atom. The molecule has 19 heavy (non-hydrogen) atoms. The van der Waals surface area contributed by atoms with Crippen LogP contribution in [0.5, 0.6) is 0 Å². The molecule has 1 aliphatic carbocycles. The summed E-state index contributed by atoms with van der Waals surface area (Å²) in [5.41, 5.74) is 2.84. The highest BCUT2D eigenvalue weighted by Crippen LogP contribution is 2.38. The topological polar surface area (TPSA) is 24.1 Å². The average molecular weight is 301 g/mol. The molecule has 2 fully saturated rings. The van der Waals surface area contributed by atoms with Crippen molar-refractivity contribution in [3.05, 3.63) is 41.5 Å². The first-order valence-corrected chi connectivity index (χ1v) is 6.53. The highest BCUT2D eigenvalue weighted by atomic mass is 35.5. The zero-order valence-corrected chi connectivity index (χ0v) is 12.8. The van der Waals surface area contributed by atoms with Gasteiger partial charge in [0.2, 0.25) is 0 Å². The number of benzene rings is 1. The van der Waals surface area contributed by atoms with Crippen molar-refractivity contribution in [1.82, 2.24) is 10.6 Å². The minimum Gasteiger partial charge on any atom is -0.314 e. The first kappa shape index (κ1) is 16.5. The van der Waals surface area contributed by atoms with Crippen LogP contribution in [-0.2, 0) is 0 Å². The normalized spacial score (nSPS) is 25.8. The lowest BCUT2D eigenvalue weighted by atomic mass is 10.1. The van der Waals surface area contributed by atoms with E-state index in [9.17, 15) is 0 Å². The molecule has 0 spiro atoms. The highest BCUT2D eigenvalue weighted by molar-refractivity contribution is 5.85. The van der Waals surface area contributed by atoms with Crippen LogP contribution in [0.4, 0.5) is 0 Å². The summed E-state index contributed by atoms with van der Waals surface area (Å²) >= 11 is 0. The molecule has 2 aliphatic rings. The van der Waals surface area contributed by atoms with Crippen LogP contribution >= 0.6 is 24.8 Å². The van der Waals surface area contributed by atoms with Gasteiger partial charge in [-0.3, -0.25) is 0 Å². The van der Waals surface area contributed by atoms with Gasteiger partial charge in [-0.15, -0.1) is 24.8 Å². The molecule has 2 nitrogen and oxygen atoms in total. The van der Waals surface area contributed by atoms with Crippen LogP contribution in [0.1, 0.15) is 18.9 Å². The van der Waals surface area contributed by atoms with Crippen molar-refractivity contribution in [3.8, 4) is 0 Å². The zero-order chi connectivity index (χ0) is 11.7. The van der Waals surface area contributed by atoms with E-state index in [1.807, 2.05) is 0 Å². The molecule has 0 bridgehead atoms. The Morgan fingerprint density at radius 1 is 1.21 bits per heavy atom. The molecule has 0 aromatic heterocycles. The Kier molecular flexibility index (Phi) is 6.34. The molecule has 1 aromatic rings. The van der Waals surface area contributed by atoms with Crippen LogP contribution in [0.25, 0.3) is 6.08 Å². The van der Waals surface area contributed by atoms with Gasteiger partial charge in [-0.25, -0.2) is 0 Å². The molecule has 0 amide bonds. The molecule has 3 rings (SSSR count). The average Bonchev–Trinajstić information content (AvgIpc) is 3.04. The second-order valence-corrected chi connectivity index (χ2v) is 5.27. The van der Waals surface area contributed by atoms with E-state index in [2.05, 4.69) is 54.0 Å². The minimum absolute atomic E-state index is 0. The lowest BCUT2D eigenvalue weighted by molar-refractivity contribution is 0.360. The molecule has 1 aliphatic heterocycles. The Bertz CT molecular complexity index is 415. The molecule has 4 heteroatoms. The maximum atomic E-state index is 3.70. The molecule has 2 unspecified atom stereocenters. The second kappa shape index (κ2) is 7.30. The summed E-state index contributed by atoms with van der Waals surface area (Å²) in [5.74, 6) is 0.760. The molecular weight excluding hydrogens is 279 g/mol. The molecule has 106 valence electrons. The van der Waals surface area contributed by atoms with E-state index < -0.39 is 0 Å². The van der Waals surface area contributed by atoms with E-state index >= 15 is 0 Å². The van der Waals surface area contributed by atoms with Gasteiger partial charge >= 0.3 is 0 Å². The summed E-state index contributed by atoms with van der Waals surface area (Å²) in [6, 6.07) is 12.0. The van der Waals surface area contributed by atoms with E-state index in [-0.39, 0.29) is 24.8 Å². The van der Waals surface area contributed by atoms with Gasteiger partial charge in [0, 0.05) is 25.2 Å². The first-order valence-electron chi connectivity index (χ1n) is 6.53. The van der Waals surface area contributed by atoms with Crippen LogP contribution in [0.3, 0.4) is 0 Å². The number of hydrogen-bond donors (Lipinski definition) is 2. The maximum absolute atomic E-state index is 3.70. The summed E-state index contributed by atoms with van der Waals surface area (Å²) in [6.07, 6.45) is 3.64. The van der Waals surface area contributed by atoms with Gasteiger partial charge in [0.05, 0.1) is 0 Å². The Labute approximate surface area is 127 Å². The van der Waals surface area contributed by atoms with Crippen LogP contribution in [0, 0.1) is 5.92 Å². The zero-order valence-electron chi connectivity index (χ0n) is 11.1. The summed E-state index contributed by atoms with van der Waals surface area (Å²) in [4.78, 5) is 0. The van der Waals surface area contributed by atoms with Crippen molar-refractivity contribution in [1.29, 1.82) is 0 Å². The summed E-state index contributed by atoms with van der Waals surface area (Å²) < 4.78 is 0. The van der Waals surface area contributed by atoms with Crippen LogP contribution in [-0.4, -0.2) is 25.2 Å². The van der Waals surface area contributed by atoms with Gasteiger partial charge in [-0.1, -0.05) is 42.0 Å². The largest absolute Gasteiger partial charge is 0.314 e. The quantitative estimate of drug-likeness (QED) is 0.893. The van der Waals surface area contributed by atoms with Gasteiger partial charge in [0.25, 0.3) is 0 Å². The van der Waals surface area contributed by atoms with Gasteiger partial charge in [0.1, 0.15) is 0 Å². The third-order valence-corrected chi connectivity index (χ3v) is 3.80. The summed E-state index contributed by atoms with van der Waals surface area (Å²) in [5, 5.41) is 7.00. The van der Waals surface area contributed by atoms with Gasteiger partial charge < -0.3 is 10.6 Å². The van der Waals surface area contributed by atoms with Crippen molar-refractivity contribution in [2.75, 3.05) is 13.1 Å². The minimum atomic E-state index is 0. The van der Waals surface area contributed by atoms with E-state index in [0.717, 1.165) is 31.1 Å². The molecule has 1 saturated heterocycles. The molecule has 1 saturated carbocycles. The fraction of sp³-hybridized carbons (Fsp3) is 0.467. The van der Waals surface area contributed by atoms with Gasteiger partial charge in [-0.05, 0) is 24.8 Å². The van der Waals surface area contributed by atoms with Crippen molar-refractivity contribution >= 4 is 30.9 Å². The Balaban J connectivity index is 0.000000902. The highest BCUT2D eigenvalue weighted by Gasteiger charge is 2.39. The fourth-order valence-electron chi connectivity index (χ4n) is 2.51. The molecule has 1 heterocycles. The van der Waals surface area contributed by atoms with E-state index in [0.29, 0.717) is 0 Å².